The number of rotatable bonds is 2. The maximum absolute atomic E-state index is 12.8. The Morgan fingerprint density at radius 2 is 1.96 bits per heavy atom. The van der Waals surface area contributed by atoms with Crippen LogP contribution in [0.5, 0.6) is 0 Å². The van der Waals surface area contributed by atoms with Gasteiger partial charge in [0.2, 0.25) is 11.1 Å². The molecule has 0 saturated carbocycles. The fourth-order valence-corrected chi connectivity index (χ4v) is 3.73. The van der Waals surface area contributed by atoms with Gasteiger partial charge >= 0.3 is 11.4 Å². The Kier molecular flexibility index (Phi) is 3.85. The number of aromatic nitrogens is 2. The minimum absolute atomic E-state index is 0.278. The van der Waals surface area contributed by atoms with E-state index < -0.39 is 5.63 Å². The van der Waals surface area contributed by atoms with Gasteiger partial charge in [0.05, 0.1) is 18.6 Å². The Bertz CT molecular complexity index is 1280. The fourth-order valence-electron chi connectivity index (χ4n) is 3.73. The van der Waals surface area contributed by atoms with E-state index in [0.29, 0.717) is 58.9 Å². The molecule has 0 unspecified atom stereocenters. The average Bonchev–Trinajstić information content (AvgIpc) is 3.08. The number of aryl methyl sites for hydroxylation is 2. The quantitative estimate of drug-likeness (QED) is 0.298. The minimum Gasteiger partial charge on any atom is -0.710 e. The van der Waals surface area contributed by atoms with Gasteiger partial charge in [-0.1, -0.05) is 11.6 Å². The first-order valence-electron chi connectivity index (χ1n) is 9.22. The molecule has 4 aromatic rings. The third kappa shape index (κ3) is 2.56. The molecule has 0 bridgehead atoms. The first-order chi connectivity index (χ1) is 13.5. The molecule has 0 amide bonds. The summed E-state index contributed by atoms with van der Waals surface area (Å²) in [5, 5.41) is 13.7. The summed E-state index contributed by atoms with van der Waals surface area (Å²) in [6.07, 6.45) is 0. The maximum Gasteiger partial charge on any atom is 0.352 e. The van der Waals surface area contributed by atoms with Crippen LogP contribution in [0.15, 0.2) is 31.8 Å². The Labute approximate surface area is 159 Å². The summed E-state index contributed by atoms with van der Waals surface area (Å²) in [7, 11) is 0. The van der Waals surface area contributed by atoms with Gasteiger partial charge in [0.25, 0.3) is 0 Å². The van der Waals surface area contributed by atoms with Crippen molar-refractivity contribution in [3.63, 3.8) is 0 Å². The summed E-state index contributed by atoms with van der Waals surface area (Å²) in [6.45, 7) is 6.74. The van der Waals surface area contributed by atoms with Crippen molar-refractivity contribution >= 4 is 33.0 Å². The van der Waals surface area contributed by atoms with Crippen LogP contribution in [0.4, 0.5) is 0 Å². The summed E-state index contributed by atoms with van der Waals surface area (Å²) in [5.41, 5.74) is 2.42. The second-order valence-corrected chi connectivity index (χ2v) is 7.17. The van der Waals surface area contributed by atoms with Crippen molar-refractivity contribution in [2.45, 2.75) is 20.4 Å². The molecule has 4 heterocycles. The molecule has 1 saturated heterocycles. The molecule has 1 aliphatic rings. The number of benzene rings is 1. The van der Waals surface area contributed by atoms with E-state index in [4.69, 9.17) is 13.6 Å². The van der Waals surface area contributed by atoms with Gasteiger partial charge in [0.1, 0.15) is 12.1 Å². The van der Waals surface area contributed by atoms with Crippen molar-refractivity contribution in [3.05, 3.63) is 50.9 Å². The molecule has 1 fully saturated rings. The second kappa shape index (κ2) is 6.29. The van der Waals surface area contributed by atoms with Gasteiger partial charge in [0, 0.05) is 20.0 Å². The molecule has 144 valence electrons. The molecule has 5 rings (SSSR count). The van der Waals surface area contributed by atoms with Crippen molar-refractivity contribution in [1.82, 2.24) is 9.88 Å². The lowest BCUT2D eigenvalue weighted by atomic mass is 10.1. The van der Waals surface area contributed by atoms with Crippen LogP contribution in [0.1, 0.15) is 17.1 Å². The van der Waals surface area contributed by atoms with Crippen LogP contribution in [0.2, 0.25) is 0 Å². The molecular weight excluding hydrogens is 362 g/mol. The van der Waals surface area contributed by atoms with E-state index in [1.54, 1.807) is 13.0 Å². The van der Waals surface area contributed by atoms with Gasteiger partial charge in [-0.3, -0.25) is 4.90 Å². The summed E-state index contributed by atoms with van der Waals surface area (Å²) < 4.78 is 17.6. The van der Waals surface area contributed by atoms with E-state index in [0.717, 1.165) is 23.4 Å². The van der Waals surface area contributed by atoms with Crippen LogP contribution in [0.25, 0.3) is 33.0 Å². The van der Waals surface area contributed by atoms with Crippen LogP contribution in [-0.2, 0) is 11.3 Å². The largest absolute Gasteiger partial charge is 0.710 e. The summed E-state index contributed by atoms with van der Waals surface area (Å²) >= 11 is 0. The molecule has 28 heavy (non-hydrogen) atoms. The van der Waals surface area contributed by atoms with E-state index in [9.17, 15) is 10.0 Å². The molecule has 0 spiro atoms. The second-order valence-electron chi connectivity index (χ2n) is 7.17. The van der Waals surface area contributed by atoms with E-state index in [1.165, 1.54) is 0 Å². The molecule has 1 aliphatic heterocycles. The molecular formula is C20H19N3O5. The first-order valence-corrected chi connectivity index (χ1v) is 9.22. The molecule has 1 aromatic carbocycles. The van der Waals surface area contributed by atoms with Crippen molar-refractivity contribution in [1.29, 1.82) is 0 Å². The SMILES string of the molecule is Cc1ccc2oc(=O)c3c4nc(CN5CCOCC5)[n+]([O-])c(C)c4oc3c2c1. The summed E-state index contributed by atoms with van der Waals surface area (Å²) in [6, 6.07) is 5.52. The number of hydrogen-bond acceptors (Lipinski definition) is 7. The smallest absolute Gasteiger partial charge is 0.352 e. The predicted octanol–water partition coefficient (Wildman–Crippen LogP) is 2.17. The van der Waals surface area contributed by atoms with Gasteiger partial charge in [-0.05, 0) is 24.0 Å². The standard InChI is InChI=1S/C20H19N3O5/c1-11-3-4-14-13(9-11)19-16(20(24)27-14)17-18(28-19)12(2)23(25)15(21-17)10-22-5-7-26-8-6-22/h3-4,9H,5-8,10H2,1-2H3. The number of morpholine rings is 1. The fraction of sp³-hybridized carbons (Fsp3) is 0.350. The van der Waals surface area contributed by atoms with E-state index in [-0.39, 0.29) is 5.39 Å². The van der Waals surface area contributed by atoms with Crippen molar-refractivity contribution < 1.29 is 18.3 Å². The number of furan rings is 1. The predicted molar refractivity (Wildman–Crippen MR) is 102 cm³/mol. The third-order valence-corrected chi connectivity index (χ3v) is 5.25. The van der Waals surface area contributed by atoms with Gasteiger partial charge in [-0.25, -0.2) is 9.52 Å². The Morgan fingerprint density at radius 1 is 1.18 bits per heavy atom. The van der Waals surface area contributed by atoms with Gasteiger partial charge in [-0.2, -0.15) is 0 Å². The maximum atomic E-state index is 12.8. The van der Waals surface area contributed by atoms with Crippen LogP contribution in [0, 0.1) is 19.1 Å². The monoisotopic (exact) mass is 381 g/mol. The molecule has 3 aromatic heterocycles. The number of hydrogen-bond donors (Lipinski definition) is 0. The van der Waals surface area contributed by atoms with Gasteiger partial charge in [-0.15, -0.1) is 0 Å². The molecule has 0 aliphatic carbocycles. The highest BCUT2D eigenvalue weighted by Crippen LogP contribution is 2.32. The molecule has 0 atom stereocenters. The Morgan fingerprint density at radius 3 is 2.75 bits per heavy atom. The lowest BCUT2D eigenvalue weighted by molar-refractivity contribution is -0.624. The molecule has 0 N–H and O–H groups in total. The molecule has 0 radical (unpaired) electrons. The molecule has 8 heteroatoms. The highest BCUT2D eigenvalue weighted by molar-refractivity contribution is 6.11. The Balaban J connectivity index is 1.78. The zero-order chi connectivity index (χ0) is 19.4. The number of fused-ring (bicyclic) bond motifs is 5. The zero-order valence-corrected chi connectivity index (χ0v) is 15.7. The highest BCUT2D eigenvalue weighted by atomic mass is 16.5. The van der Waals surface area contributed by atoms with Crippen LogP contribution in [0.3, 0.4) is 0 Å². The highest BCUT2D eigenvalue weighted by Gasteiger charge is 2.27. The average molecular weight is 381 g/mol. The van der Waals surface area contributed by atoms with Crippen molar-refractivity contribution in [3.8, 4) is 0 Å². The topological polar surface area (TPSA) is 95.7 Å². The minimum atomic E-state index is -0.516. The van der Waals surface area contributed by atoms with Crippen LogP contribution < -0.4 is 10.4 Å². The first kappa shape index (κ1) is 17.2. The summed E-state index contributed by atoms with van der Waals surface area (Å²) in [4.78, 5) is 19.3. The lowest BCUT2D eigenvalue weighted by Crippen LogP contribution is -2.43. The van der Waals surface area contributed by atoms with Crippen LogP contribution >= 0.6 is 0 Å². The Hall–Kier alpha value is -2.97. The van der Waals surface area contributed by atoms with Crippen molar-refractivity contribution in [2.75, 3.05) is 26.3 Å². The van der Waals surface area contributed by atoms with Crippen molar-refractivity contribution in [2.24, 2.45) is 0 Å². The normalized spacial score (nSPS) is 15.8. The van der Waals surface area contributed by atoms with E-state index in [1.807, 2.05) is 19.1 Å². The summed E-state index contributed by atoms with van der Waals surface area (Å²) in [5.74, 6) is 0.332. The number of nitrogens with zero attached hydrogens (tertiary/aromatic N) is 3. The van der Waals surface area contributed by atoms with E-state index >= 15 is 0 Å². The lowest BCUT2D eigenvalue weighted by Gasteiger charge is -2.25. The zero-order valence-electron chi connectivity index (χ0n) is 15.7. The van der Waals surface area contributed by atoms with Crippen LogP contribution in [-0.4, -0.2) is 36.2 Å². The van der Waals surface area contributed by atoms with E-state index in [2.05, 4.69) is 9.88 Å². The van der Waals surface area contributed by atoms with Gasteiger partial charge < -0.3 is 18.8 Å². The number of ether oxygens (including phenoxy) is 1. The van der Waals surface area contributed by atoms with Gasteiger partial charge in [0.15, 0.2) is 16.7 Å². The molecule has 8 nitrogen and oxygen atoms in total. The third-order valence-electron chi connectivity index (χ3n) is 5.25.